The highest BCUT2D eigenvalue weighted by Gasteiger charge is 2.18. The van der Waals surface area contributed by atoms with Gasteiger partial charge in [-0.3, -0.25) is 19.9 Å². The van der Waals surface area contributed by atoms with Crippen LogP contribution in [0.5, 0.6) is 5.75 Å². The van der Waals surface area contributed by atoms with E-state index in [0.717, 1.165) is 30.8 Å². The van der Waals surface area contributed by atoms with Gasteiger partial charge in [-0.2, -0.15) is 5.10 Å². The number of benzene rings is 1. The molecule has 10 heteroatoms. The molecule has 1 fully saturated rings. The summed E-state index contributed by atoms with van der Waals surface area (Å²) in [6, 6.07) is 7.41. The van der Waals surface area contributed by atoms with Gasteiger partial charge < -0.3 is 14.8 Å². The minimum Gasteiger partial charge on any atom is -0.497 e. The lowest BCUT2D eigenvalue weighted by Gasteiger charge is -2.14. The Kier molecular flexibility index (Phi) is 6.05. The first-order valence-corrected chi connectivity index (χ1v) is 10.7. The molecule has 0 saturated carbocycles. The van der Waals surface area contributed by atoms with Crippen LogP contribution in [-0.2, 0) is 9.53 Å². The van der Waals surface area contributed by atoms with E-state index in [0.29, 0.717) is 28.5 Å². The van der Waals surface area contributed by atoms with Gasteiger partial charge >= 0.3 is 0 Å². The fourth-order valence-electron chi connectivity index (χ4n) is 3.43. The van der Waals surface area contributed by atoms with Crippen LogP contribution in [0.3, 0.4) is 0 Å². The Morgan fingerprint density at radius 2 is 2.37 bits per heavy atom. The zero-order valence-corrected chi connectivity index (χ0v) is 17.7. The van der Waals surface area contributed by atoms with Crippen molar-refractivity contribution in [3.8, 4) is 11.4 Å². The van der Waals surface area contributed by atoms with E-state index in [9.17, 15) is 4.79 Å². The number of carbonyl (C=O) groups is 1. The van der Waals surface area contributed by atoms with Gasteiger partial charge in [-0.15, -0.1) is 0 Å². The molecule has 0 radical (unpaired) electrons. The number of thioether (sulfide) groups is 1. The smallest absolute Gasteiger partial charge is 0.230 e. The molecule has 3 heterocycles. The quantitative estimate of drug-likeness (QED) is 0.391. The first kappa shape index (κ1) is 20.4. The molecule has 3 aromatic rings. The molecular formula is C20H24N6O3S. The number of methoxy groups -OCH3 is 1. The van der Waals surface area contributed by atoms with Gasteiger partial charge in [0.05, 0.1) is 30.0 Å². The molecule has 1 aliphatic rings. The Hall–Kier alpha value is -2.85. The molecule has 0 spiro atoms. The molecule has 1 atom stereocenters. The maximum absolute atomic E-state index is 12.4. The van der Waals surface area contributed by atoms with Crippen molar-refractivity contribution in [3.63, 3.8) is 0 Å². The summed E-state index contributed by atoms with van der Waals surface area (Å²) in [5.41, 5.74) is 2.21. The number of fused-ring (bicyclic) bond motifs is 1. The van der Waals surface area contributed by atoms with Crippen LogP contribution in [0, 0.1) is 12.3 Å². The molecule has 9 nitrogen and oxygen atoms in total. The van der Waals surface area contributed by atoms with E-state index in [2.05, 4.69) is 20.5 Å². The standard InChI is InChI=1S/C20H24N6O3S/c1-12-17-18(21)26(13-5-3-6-14(9-13)28-2)20(23-19(17)25-24-12)30-11-16(27)22-10-15-7-4-8-29-15/h3,5-6,9,15,21H,4,7-8,10-11H2,1-2H3,(H,22,27)(H,24,25)/t15-/m1/s1. The largest absolute Gasteiger partial charge is 0.497 e. The maximum atomic E-state index is 12.4. The summed E-state index contributed by atoms with van der Waals surface area (Å²) in [6.45, 7) is 3.13. The molecule has 4 rings (SSSR count). The summed E-state index contributed by atoms with van der Waals surface area (Å²) in [4.78, 5) is 17.0. The van der Waals surface area contributed by atoms with Gasteiger partial charge in [0.1, 0.15) is 11.2 Å². The molecule has 0 bridgehead atoms. The first-order chi connectivity index (χ1) is 14.6. The minimum atomic E-state index is -0.0978. The molecule has 1 aromatic carbocycles. The highest BCUT2D eigenvalue weighted by Crippen LogP contribution is 2.23. The normalized spacial score (nSPS) is 16.1. The lowest BCUT2D eigenvalue weighted by Crippen LogP contribution is -2.33. The number of rotatable bonds is 7. The lowest BCUT2D eigenvalue weighted by molar-refractivity contribution is -0.119. The van der Waals surface area contributed by atoms with Gasteiger partial charge in [-0.25, -0.2) is 4.98 Å². The molecule has 0 unspecified atom stereocenters. The second-order valence-corrected chi connectivity index (χ2v) is 8.00. The van der Waals surface area contributed by atoms with E-state index in [1.165, 1.54) is 11.8 Å². The van der Waals surface area contributed by atoms with Crippen LogP contribution in [0.1, 0.15) is 18.5 Å². The van der Waals surface area contributed by atoms with Crippen LogP contribution in [0.15, 0.2) is 29.4 Å². The van der Waals surface area contributed by atoms with E-state index in [1.807, 2.05) is 31.2 Å². The number of hydrogen-bond acceptors (Lipinski definition) is 7. The number of aryl methyl sites for hydroxylation is 1. The maximum Gasteiger partial charge on any atom is 0.230 e. The van der Waals surface area contributed by atoms with Gasteiger partial charge in [0.2, 0.25) is 5.91 Å². The van der Waals surface area contributed by atoms with Crippen molar-refractivity contribution >= 4 is 28.7 Å². The van der Waals surface area contributed by atoms with Crippen LogP contribution in [0.2, 0.25) is 0 Å². The second-order valence-electron chi connectivity index (χ2n) is 7.05. The van der Waals surface area contributed by atoms with Gasteiger partial charge in [0.25, 0.3) is 0 Å². The molecule has 0 aliphatic carbocycles. The van der Waals surface area contributed by atoms with Crippen molar-refractivity contribution in [2.75, 3.05) is 26.0 Å². The number of ether oxygens (including phenoxy) is 2. The van der Waals surface area contributed by atoms with E-state index in [1.54, 1.807) is 11.7 Å². The third-order valence-electron chi connectivity index (χ3n) is 4.98. The van der Waals surface area contributed by atoms with Crippen LogP contribution in [0.25, 0.3) is 16.7 Å². The van der Waals surface area contributed by atoms with E-state index >= 15 is 0 Å². The average Bonchev–Trinajstić information content (AvgIpc) is 3.40. The predicted octanol–water partition coefficient (Wildman–Crippen LogP) is 1.93. The minimum absolute atomic E-state index is 0.0978. The summed E-state index contributed by atoms with van der Waals surface area (Å²) in [6.07, 6.45) is 2.11. The summed E-state index contributed by atoms with van der Waals surface area (Å²) in [5, 5.41) is 19.9. The fourth-order valence-corrected chi connectivity index (χ4v) is 4.27. The van der Waals surface area contributed by atoms with E-state index in [-0.39, 0.29) is 23.3 Å². The molecule has 30 heavy (non-hydrogen) atoms. The van der Waals surface area contributed by atoms with Crippen molar-refractivity contribution in [1.29, 1.82) is 5.41 Å². The summed E-state index contributed by atoms with van der Waals surface area (Å²) < 4.78 is 12.6. The second kappa shape index (κ2) is 8.88. The van der Waals surface area contributed by atoms with E-state index < -0.39 is 0 Å². The molecule has 1 saturated heterocycles. The molecule has 158 valence electrons. The molecular weight excluding hydrogens is 404 g/mol. The van der Waals surface area contributed by atoms with Gasteiger partial charge in [0, 0.05) is 24.9 Å². The lowest BCUT2D eigenvalue weighted by atomic mass is 10.2. The van der Waals surface area contributed by atoms with Crippen molar-refractivity contribution in [3.05, 3.63) is 35.4 Å². The SMILES string of the molecule is COc1cccc(-n2c(SCC(=O)NC[C@H]3CCCO3)nc3n[nH]c(C)c3c2=N)c1. The first-order valence-electron chi connectivity index (χ1n) is 9.74. The number of aromatic nitrogens is 4. The topological polar surface area (TPSA) is 118 Å². The highest BCUT2D eigenvalue weighted by molar-refractivity contribution is 7.99. The number of H-pyrrole nitrogens is 1. The Morgan fingerprint density at radius 3 is 3.13 bits per heavy atom. The number of carbonyl (C=O) groups excluding carboxylic acids is 1. The zero-order chi connectivity index (χ0) is 21.1. The van der Waals surface area contributed by atoms with Gasteiger partial charge in [0.15, 0.2) is 10.8 Å². The average molecular weight is 429 g/mol. The number of amides is 1. The number of nitrogens with zero attached hydrogens (tertiary/aromatic N) is 3. The third kappa shape index (κ3) is 4.19. The van der Waals surface area contributed by atoms with E-state index in [4.69, 9.17) is 14.9 Å². The van der Waals surface area contributed by atoms with Crippen LogP contribution < -0.4 is 15.5 Å². The van der Waals surface area contributed by atoms with Crippen LogP contribution >= 0.6 is 11.8 Å². The Labute approximate surface area is 177 Å². The van der Waals surface area contributed by atoms with Crippen molar-refractivity contribution < 1.29 is 14.3 Å². The highest BCUT2D eigenvalue weighted by atomic mass is 32.2. The third-order valence-corrected chi connectivity index (χ3v) is 5.91. The Morgan fingerprint density at radius 1 is 1.50 bits per heavy atom. The number of hydrogen-bond donors (Lipinski definition) is 3. The Balaban J connectivity index is 1.62. The molecule has 3 N–H and O–H groups in total. The monoisotopic (exact) mass is 428 g/mol. The van der Waals surface area contributed by atoms with Crippen LogP contribution in [-0.4, -0.2) is 57.8 Å². The van der Waals surface area contributed by atoms with Gasteiger partial charge in [-0.05, 0) is 31.9 Å². The fraction of sp³-hybridized carbons (Fsp3) is 0.400. The number of nitrogens with one attached hydrogen (secondary N) is 3. The van der Waals surface area contributed by atoms with Crippen molar-refractivity contribution in [2.45, 2.75) is 31.0 Å². The van der Waals surface area contributed by atoms with Crippen molar-refractivity contribution in [1.82, 2.24) is 25.1 Å². The van der Waals surface area contributed by atoms with Crippen LogP contribution in [0.4, 0.5) is 0 Å². The Bertz CT molecular complexity index is 1120. The summed E-state index contributed by atoms with van der Waals surface area (Å²) >= 11 is 1.27. The molecule has 1 aliphatic heterocycles. The van der Waals surface area contributed by atoms with Crippen molar-refractivity contribution in [2.24, 2.45) is 0 Å². The summed E-state index contributed by atoms with van der Waals surface area (Å²) in [7, 11) is 1.60. The summed E-state index contributed by atoms with van der Waals surface area (Å²) in [5.74, 6) is 0.755. The predicted molar refractivity (Wildman–Crippen MR) is 113 cm³/mol. The molecule has 1 amide bonds. The zero-order valence-electron chi connectivity index (χ0n) is 16.9. The van der Waals surface area contributed by atoms with Gasteiger partial charge in [-0.1, -0.05) is 17.8 Å². The molecule has 2 aromatic heterocycles. The number of aromatic amines is 1.